The maximum Gasteiger partial charge on any atom is 0.130 e. The van der Waals surface area contributed by atoms with E-state index in [0.717, 1.165) is 24.0 Å². The van der Waals surface area contributed by atoms with Crippen LogP contribution < -0.4 is 5.32 Å². The van der Waals surface area contributed by atoms with Crippen LogP contribution in [0.15, 0.2) is 28.2 Å². The first kappa shape index (κ1) is 9.87. The molecule has 0 amide bonds. The Bertz CT molecular complexity index is 366. The van der Waals surface area contributed by atoms with E-state index in [0.29, 0.717) is 5.56 Å². The SMILES string of the molecule is Fc1ccc(Br)cc1C=C1CCNC1. The third kappa shape index (κ3) is 2.22. The second-order valence-corrected chi connectivity index (χ2v) is 4.31. The van der Waals surface area contributed by atoms with Crippen LogP contribution >= 0.6 is 15.9 Å². The molecule has 1 fully saturated rings. The Morgan fingerprint density at radius 1 is 1.43 bits per heavy atom. The van der Waals surface area contributed by atoms with Crippen molar-refractivity contribution in [1.82, 2.24) is 5.32 Å². The molecule has 3 heteroatoms. The highest BCUT2D eigenvalue weighted by atomic mass is 79.9. The molecule has 0 radical (unpaired) electrons. The topological polar surface area (TPSA) is 12.0 Å². The summed E-state index contributed by atoms with van der Waals surface area (Å²) in [5.74, 6) is -0.160. The molecule has 1 aliphatic rings. The Morgan fingerprint density at radius 2 is 2.29 bits per heavy atom. The van der Waals surface area contributed by atoms with Gasteiger partial charge in [-0.2, -0.15) is 0 Å². The monoisotopic (exact) mass is 255 g/mol. The molecular formula is C11H11BrFN. The third-order valence-corrected chi connectivity index (χ3v) is 2.79. The fourth-order valence-electron chi connectivity index (χ4n) is 1.55. The highest BCUT2D eigenvalue weighted by molar-refractivity contribution is 9.10. The summed E-state index contributed by atoms with van der Waals surface area (Å²) in [6.07, 6.45) is 2.95. The van der Waals surface area contributed by atoms with Gasteiger partial charge in [0.15, 0.2) is 0 Å². The minimum atomic E-state index is -0.160. The van der Waals surface area contributed by atoms with Crippen molar-refractivity contribution in [2.24, 2.45) is 0 Å². The van der Waals surface area contributed by atoms with E-state index in [1.54, 1.807) is 12.1 Å². The largest absolute Gasteiger partial charge is 0.313 e. The predicted octanol–water partition coefficient (Wildman–Crippen LogP) is 2.96. The molecule has 0 aliphatic carbocycles. The summed E-state index contributed by atoms with van der Waals surface area (Å²) in [5.41, 5.74) is 1.93. The van der Waals surface area contributed by atoms with E-state index in [1.807, 2.05) is 6.08 Å². The molecule has 1 aromatic carbocycles. The summed E-state index contributed by atoms with van der Waals surface area (Å²) in [5, 5.41) is 3.22. The van der Waals surface area contributed by atoms with Gasteiger partial charge >= 0.3 is 0 Å². The molecule has 74 valence electrons. The average molecular weight is 256 g/mol. The van der Waals surface area contributed by atoms with Crippen molar-refractivity contribution < 1.29 is 4.39 Å². The van der Waals surface area contributed by atoms with Crippen molar-refractivity contribution in [3.05, 3.63) is 39.6 Å². The Morgan fingerprint density at radius 3 is 3.00 bits per heavy atom. The van der Waals surface area contributed by atoms with Crippen LogP contribution in [0.25, 0.3) is 6.08 Å². The lowest BCUT2D eigenvalue weighted by molar-refractivity contribution is 0.624. The predicted molar refractivity (Wildman–Crippen MR) is 59.6 cm³/mol. The van der Waals surface area contributed by atoms with Gasteiger partial charge in [0.2, 0.25) is 0 Å². The Hall–Kier alpha value is -0.670. The summed E-state index contributed by atoms with van der Waals surface area (Å²) in [4.78, 5) is 0. The van der Waals surface area contributed by atoms with Gasteiger partial charge in [-0.15, -0.1) is 0 Å². The number of hydrogen-bond acceptors (Lipinski definition) is 1. The molecule has 1 N–H and O–H groups in total. The summed E-state index contributed by atoms with van der Waals surface area (Å²) in [6.45, 7) is 1.88. The van der Waals surface area contributed by atoms with Gasteiger partial charge in [-0.05, 0) is 31.2 Å². The Kier molecular flexibility index (Phi) is 2.99. The van der Waals surface area contributed by atoms with Crippen molar-refractivity contribution >= 4 is 22.0 Å². The van der Waals surface area contributed by atoms with E-state index in [2.05, 4.69) is 21.2 Å². The van der Waals surface area contributed by atoms with Crippen LogP contribution in [0.5, 0.6) is 0 Å². The molecule has 0 spiro atoms. The highest BCUT2D eigenvalue weighted by Gasteiger charge is 2.07. The van der Waals surface area contributed by atoms with E-state index in [9.17, 15) is 4.39 Å². The number of nitrogens with one attached hydrogen (secondary N) is 1. The van der Waals surface area contributed by atoms with Gasteiger partial charge in [-0.3, -0.25) is 0 Å². The number of hydrogen-bond donors (Lipinski definition) is 1. The minimum Gasteiger partial charge on any atom is -0.313 e. The van der Waals surface area contributed by atoms with E-state index >= 15 is 0 Å². The van der Waals surface area contributed by atoms with Gasteiger partial charge in [-0.25, -0.2) is 4.39 Å². The lowest BCUT2D eigenvalue weighted by Crippen LogP contribution is -2.04. The van der Waals surface area contributed by atoms with Crippen LogP contribution in [-0.4, -0.2) is 13.1 Å². The zero-order valence-corrected chi connectivity index (χ0v) is 9.27. The lowest BCUT2D eigenvalue weighted by atomic mass is 10.1. The molecule has 1 aliphatic heterocycles. The average Bonchev–Trinajstić information content (AvgIpc) is 2.64. The third-order valence-electron chi connectivity index (χ3n) is 2.29. The molecule has 0 saturated carbocycles. The minimum absolute atomic E-state index is 0.160. The van der Waals surface area contributed by atoms with Crippen LogP contribution in [0.1, 0.15) is 12.0 Å². The first-order chi connectivity index (χ1) is 6.75. The van der Waals surface area contributed by atoms with Gasteiger partial charge in [0, 0.05) is 16.6 Å². The van der Waals surface area contributed by atoms with Crippen molar-refractivity contribution in [1.29, 1.82) is 0 Å². The zero-order valence-electron chi connectivity index (χ0n) is 7.69. The van der Waals surface area contributed by atoms with Crippen LogP contribution in [0, 0.1) is 5.82 Å². The normalized spacial score (nSPS) is 19.1. The van der Waals surface area contributed by atoms with Crippen LogP contribution in [0.4, 0.5) is 4.39 Å². The number of rotatable bonds is 1. The van der Waals surface area contributed by atoms with Gasteiger partial charge in [-0.1, -0.05) is 27.6 Å². The van der Waals surface area contributed by atoms with Crippen molar-refractivity contribution in [2.75, 3.05) is 13.1 Å². The Labute approximate surface area is 91.1 Å². The number of halogens is 2. The van der Waals surface area contributed by atoms with Gasteiger partial charge in [0.1, 0.15) is 5.82 Å². The van der Waals surface area contributed by atoms with E-state index in [4.69, 9.17) is 0 Å². The van der Waals surface area contributed by atoms with E-state index in [1.165, 1.54) is 11.6 Å². The van der Waals surface area contributed by atoms with Crippen molar-refractivity contribution in [2.45, 2.75) is 6.42 Å². The first-order valence-corrected chi connectivity index (χ1v) is 5.40. The lowest BCUT2D eigenvalue weighted by Gasteiger charge is -2.00. The Balaban J connectivity index is 2.31. The quantitative estimate of drug-likeness (QED) is 0.814. The molecule has 2 rings (SSSR count). The molecule has 0 aromatic heterocycles. The van der Waals surface area contributed by atoms with Crippen LogP contribution in [-0.2, 0) is 0 Å². The van der Waals surface area contributed by atoms with Gasteiger partial charge in [0.05, 0.1) is 0 Å². The standard InChI is InChI=1S/C11H11BrFN/c12-10-1-2-11(13)9(6-10)5-8-3-4-14-7-8/h1-2,5-6,14H,3-4,7H2. The first-order valence-electron chi connectivity index (χ1n) is 4.61. The molecule has 1 nitrogen and oxygen atoms in total. The summed E-state index contributed by atoms with van der Waals surface area (Å²) in [6, 6.07) is 5.00. The fraction of sp³-hybridized carbons (Fsp3) is 0.273. The summed E-state index contributed by atoms with van der Waals surface area (Å²) in [7, 11) is 0. The van der Waals surface area contributed by atoms with E-state index < -0.39 is 0 Å². The molecule has 0 atom stereocenters. The molecule has 0 unspecified atom stereocenters. The fourth-order valence-corrected chi connectivity index (χ4v) is 1.93. The summed E-state index contributed by atoms with van der Waals surface area (Å²) < 4.78 is 14.3. The van der Waals surface area contributed by atoms with Gasteiger partial charge < -0.3 is 5.32 Å². The van der Waals surface area contributed by atoms with Crippen LogP contribution in [0.3, 0.4) is 0 Å². The van der Waals surface area contributed by atoms with Crippen molar-refractivity contribution in [3.63, 3.8) is 0 Å². The molecular weight excluding hydrogens is 245 g/mol. The molecule has 1 aromatic rings. The molecule has 14 heavy (non-hydrogen) atoms. The van der Waals surface area contributed by atoms with Crippen molar-refractivity contribution in [3.8, 4) is 0 Å². The van der Waals surface area contributed by atoms with Crippen LogP contribution in [0.2, 0.25) is 0 Å². The molecule has 1 heterocycles. The van der Waals surface area contributed by atoms with Gasteiger partial charge in [0.25, 0.3) is 0 Å². The summed E-state index contributed by atoms with van der Waals surface area (Å²) >= 11 is 3.33. The van der Waals surface area contributed by atoms with E-state index in [-0.39, 0.29) is 5.82 Å². The smallest absolute Gasteiger partial charge is 0.130 e. The molecule has 0 bridgehead atoms. The highest BCUT2D eigenvalue weighted by Crippen LogP contribution is 2.19. The second-order valence-electron chi connectivity index (χ2n) is 3.40. The molecule has 1 saturated heterocycles. The zero-order chi connectivity index (χ0) is 9.97. The number of benzene rings is 1. The maximum atomic E-state index is 13.3. The second kappa shape index (κ2) is 4.24. The maximum absolute atomic E-state index is 13.3.